The second kappa shape index (κ2) is 8.60. The van der Waals surface area contributed by atoms with Crippen molar-refractivity contribution >= 4 is 5.91 Å². The van der Waals surface area contributed by atoms with Crippen molar-refractivity contribution in [2.45, 2.75) is 26.9 Å². The molecule has 0 N–H and O–H groups in total. The van der Waals surface area contributed by atoms with Crippen molar-refractivity contribution in [3.8, 4) is 0 Å². The first kappa shape index (κ1) is 18.1. The van der Waals surface area contributed by atoms with Crippen LogP contribution >= 0.6 is 0 Å². The van der Waals surface area contributed by atoms with E-state index in [1.54, 1.807) is 24.1 Å². The van der Waals surface area contributed by atoms with E-state index < -0.39 is 0 Å². The average molecular weight is 328 g/mol. The Kier molecular flexibility index (Phi) is 6.50. The van der Waals surface area contributed by atoms with Gasteiger partial charge in [0.05, 0.1) is 6.54 Å². The molecule has 0 atom stereocenters. The highest BCUT2D eigenvalue weighted by Crippen LogP contribution is 2.09. The lowest BCUT2D eigenvalue weighted by Crippen LogP contribution is -2.37. The van der Waals surface area contributed by atoms with Gasteiger partial charge in [0.15, 0.2) is 0 Å². The van der Waals surface area contributed by atoms with Crippen molar-refractivity contribution in [2.24, 2.45) is 0 Å². The van der Waals surface area contributed by atoms with E-state index in [0.717, 1.165) is 18.7 Å². The van der Waals surface area contributed by atoms with E-state index >= 15 is 0 Å². The van der Waals surface area contributed by atoms with Gasteiger partial charge in [-0.15, -0.1) is 0 Å². The summed E-state index contributed by atoms with van der Waals surface area (Å²) in [7, 11) is 1.78. The van der Waals surface area contributed by atoms with Crippen molar-refractivity contribution in [1.82, 2.24) is 9.80 Å². The number of carbonyl (C=O) groups is 1. The van der Waals surface area contributed by atoms with Crippen LogP contribution in [-0.4, -0.2) is 35.8 Å². The van der Waals surface area contributed by atoms with E-state index in [1.807, 2.05) is 6.07 Å². The third-order valence-electron chi connectivity index (χ3n) is 4.05. The molecular weight excluding hydrogens is 303 g/mol. The highest BCUT2D eigenvalue weighted by atomic mass is 19.1. The summed E-state index contributed by atoms with van der Waals surface area (Å²) >= 11 is 0. The van der Waals surface area contributed by atoms with Gasteiger partial charge in [0, 0.05) is 20.1 Å². The van der Waals surface area contributed by atoms with Crippen molar-refractivity contribution < 1.29 is 9.18 Å². The highest BCUT2D eigenvalue weighted by Gasteiger charge is 2.14. The van der Waals surface area contributed by atoms with Crippen LogP contribution < -0.4 is 0 Å². The number of likely N-dealkylation sites (N-methyl/N-ethyl adjacent to an activating group) is 2. The molecule has 0 saturated heterocycles. The number of amides is 1. The number of halogens is 1. The Morgan fingerprint density at radius 2 is 1.75 bits per heavy atom. The predicted octanol–water partition coefficient (Wildman–Crippen LogP) is 3.61. The molecule has 0 radical (unpaired) electrons. The number of aryl methyl sites for hydroxylation is 1. The number of carbonyl (C=O) groups excluding carboxylic acids is 1. The third-order valence-corrected chi connectivity index (χ3v) is 4.05. The van der Waals surface area contributed by atoms with Crippen molar-refractivity contribution in [3.63, 3.8) is 0 Å². The fraction of sp³-hybridized carbons (Fsp3) is 0.350. The SMILES string of the molecule is CCN(CC(=O)N(C)Cc1ccc(F)cc1)Cc1cccc(C)c1. The molecule has 0 fully saturated rings. The van der Waals surface area contributed by atoms with Crippen molar-refractivity contribution in [2.75, 3.05) is 20.1 Å². The second-order valence-electron chi connectivity index (χ2n) is 6.17. The van der Waals surface area contributed by atoms with E-state index in [2.05, 4.69) is 36.9 Å². The molecule has 0 aliphatic carbocycles. The van der Waals surface area contributed by atoms with Crippen LogP contribution in [0.4, 0.5) is 4.39 Å². The lowest BCUT2D eigenvalue weighted by Gasteiger charge is -2.24. The molecule has 2 aromatic carbocycles. The zero-order chi connectivity index (χ0) is 17.5. The molecule has 0 bridgehead atoms. The van der Waals surface area contributed by atoms with Gasteiger partial charge in [-0.05, 0) is 36.7 Å². The van der Waals surface area contributed by atoms with E-state index in [1.165, 1.54) is 23.3 Å². The first-order chi connectivity index (χ1) is 11.5. The van der Waals surface area contributed by atoms with Crippen LogP contribution in [0.1, 0.15) is 23.6 Å². The molecule has 0 unspecified atom stereocenters. The third kappa shape index (κ3) is 5.46. The van der Waals surface area contributed by atoms with Gasteiger partial charge < -0.3 is 4.90 Å². The summed E-state index contributed by atoms with van der Waals surface area (Å²) in [5, 5.41) is 0. The molecular formula is C20H25FN2O. The molecule has 0 aliphatic heterocycles. The fourth-order valence-corrected chi connectivity index (χ4v) is 2.61. The van der Waals surface area contributed by atoms with E-state index in [4.69, 9.17) is 0 Å². The maximum atomic E-state index is 12.9. The summed E-state index contributed by atoms with van der Waals surface area (Å²) in [6.45, 7) is 6.56. The summed E-state index contributed by atoms with van der Waals surface area (Å²) in [4.78, 5) is 16.3. The second-order valence-corrected chi connectivity index (χ2v) is 6.17. The summed E-state index contributed by atoms with van der Waals surface area (Å²) in [6.07, 6.45) is 0. The predicted molar refractivity (Wildman–Crippen MR) is 95.0 cm³/mol. The van der Waals surface area contributed by atoms with Gasteiger partial charge in [-0.1, -0.05) is 48.9 Å². The van der Waals surface area contributed by atoms with Crippen LogP contribution in [0, 0.1) is 12.7 Å². The first-order valence-electron chi connectivity index (χ1n) is 8.24. The van der Waals surface area contributed by atoms with Crippen molar-refractivity contribution in [3.05, 3.63) is 71.0 Å². The monoisotopic (exact) mass is 328 g/mol. The quantitative estimate of drug-likeness (QED) is 0.775. The maximum Gasteiger partial charge on any atom is 0.236 e. The normalized spacial score (nSPS) is 10.9. The standard InChI is InChI=1S/C20H25FN2O/c1-4-23(14-18-7-5-6-16(2)12-18)15-20(24)22(3)13-17-8-10-19(21)11-9-17/h5-12H,4,13-15H2,1-3H3. The van der Waals surface area contributed by atoms with Crippen LogP contribution in [0.15, 0.2) is 48.5 Å². The Labute approximate surface area is 143 Å². The van der Waals surface area contributed by atoms with E-state index in [-0.39, 0.29) is 11.7 Å². The zero-order valence-electron chi connectivity index (χ0n) is 14.6. The van der Waals surface area contributed by atoms with Gasteiger partial charge in [-0.2, -0.15) is 0 Å². The largest absolute Gasteiger partial charge is 0.340 e. The molecule has 1 amide bonds. The van der Waals surface area contributed by atoms with E-state index in [9.17, 15) is 9.18 Å². The number of hydrogen-bond acceptors (Lipinski definition) is 2. The van der Waals surface area contributed by atoms with Crippen LogP contribution in [0.2, 0.25) is 0 Å². The topological polar surface area (TPSA) is 23.6 Å². The number of benzene rings is 2. The molecule has 0 heterocycles. The van der Waals surface area contributed by atoms with Gasteiger partial charge in [0.1, 0.15) is 5.82 Å². The summed E-state index contributed by atoms with van der Waals surface area (Å²) < 4.78 is 12.9. The molecule has 128 valence electrons. The van der Waals surface area contributed by atoms with Crippen LogP contribution in [0.5, 0.6) is 0 Å². The van der Waals surface area contributed by atoms with E-state index in [0.29, 0.717) is 13.1 Å². The van der Waals surface area contributed by atoms with Gasteiger partial charge >= 0.3 is 0 Å². The van der Waals surface area contributed by atoms with Gasteiger partial charge in [-0.3, -0.25) is 9.69 Å². The molecule has 0 spiro atoms. The molecule has 24 heavy (non-hydrogen) atoms. The Bertz CT molecular complexity index is 670. The average Bonchev–Trinajstić information content (AvgIpc) is 2.56. The first-order valence-corrected chi connectivity index (χ1v) is 8.24. The maximum absolute atomic E-state index is 12.9. The molecule has 3 nitrogen and oxygen atoms in total. The molecule has 0 aliphatic rings. The minimum absolute atomic E-state index is 0.0637. The van der Waals surface area contributed by atoms with Crippen molar-refractivity contribution in [1.29, 1.82) is 0 Å². The number of nitrogens with zero attached hydrogens (tertiary/aromatic N) is 2. The Balaban J connectivity index is 1.91. The smallest absolute Gasteiger partial charge is 0.236 e. The summed E-state index contributed by atoms with van der Waals surface area (Å²) in [5.74, 6) is -0.197. The zero-order valence-corrected chi connectivity index (χ0v) is 14.6. The Morgan fingerprint density at radius 3 is 2.38 bits per heavy atom. The molecule has 0 aromatic heterocycles. The molecule has 4 heteroatoms. The minimum atomic E-state index is -0.261. The molecule has 2 aromatic rings. The van der Waals surface area contributed by atoms with Crippen LogP contribution in [0.25, 0.3) is 0 Å². The van der Waals surface area contributed by atoms with Gasteiger partial charge in [-0.25, -0.2) is 4.39 Å². The molecule has 0 saturated carbocycles. The van der Waals surface area contributed by atoms with Gasteiger partial charge in [0.25, 0.3) is 0 Å². The summed E-state index contributed by atoms with van der Waals surface area (Å²) in [5.41, 5.74) is 3.36. The number of hydrogen-bond donors (Lipinski definition) is 0. The highest BCUT2D eigenvalue weighted by molar-refractivity contribution is 5.78. The summed E-state index contributed by atoms with van der Waals surface area (Å²) in [6, 6.07) is 14.6. The number of rotatable bonds is 7. The Morgan fingerprint density at radius 1 is 1.04 bits per heavy atom. The van der Waals surface area contributed by atoms with Crippen LogP contribution in [-0.2, 0) is 17.9 Å². The lowest BCUT2D eigenvalue weighted by molar-refractivity contribution is -0.131. The van der Waals surface area contributed by atoms with Crippen LogP contribution in [0.3, 0.4) is 0 Å². The minimum Gasteiger partial charge on any atom is -0.340 e. The Hall–Kier alpha value is -2.20. The fourth-order valence-electron chi connectivity index (χ4n) is 2.61. The van der Waals surface area contributed by atoms with Gasteiger partial charge in [0.2, 0.25) is 5.91 Å². The molecule has 2 rings (SSSR count). The lowest BCUT2D eigenvalue weighted by atomic mass is 10.1.